The van der Waals surface area contributed by atoms with E-state index in [9.17, 15) is 14.7 Å². The summed E-state index contributed by atoms with van der Waals surface area (Å²) < 4.78 is 1.96. The van der Waals surface area contributed by atoms with E-state index in [1.165, 1.54) is 11.3 Å². The summed E-state index contributed by atoms with van der Waals surface area (Å²) in [5, 5.41) is 13.0. The van der Waals surface area contributed by atoms with Crippen molar-refractivity contribution in [1.82, 2.24) is 4.57 Å². The Labute approximate surface area is 161 Å². The normalized spacial score (nSPS) is 13.6. The van der Waals surface area contributed by atoms with E-state index in [-0.39, 0.29) is 11.5 Å². The van der Waals surface area contributed by atoms with Crippen LogP contribution in [0.4, 0.5) is 5.00 Å². The molecule has 4 rings (SSSR count). The molecule has 1 aliphatic carbocycles. The summed E-state index contributed by atoms with van der Waals surface area (Å²) in [6.45, 7) is 0. The second kappa shape index (κ2) is 7.40. The highest BCUT2D eigenvalue weighted by Gasteiger charge is 2.25. The SMILES string of the molecule is O=C(Nc1sc2c(c1C(=O)O)CCCCC2)c1ccc(-n2cccc2)cc1. The molecule has 0 bridgehead atoms. The third-order valence-corrected chi connectivity index (χ3v) is 6.10. The van der Waals surface area contributed by atoms with Gasteiger partial charge in [0.2, 0.25) is 0 Å². The minimum atomic E-state index is -0.965. The van der Waals surface area contributed by atoms with E-state index in [2.05, 4.69) is 5.32 Å². The molecular weight excluding hydrogens is 360 g/mol. The van der Waals surface area contributed by atoms with Gasteiger partial charge in [-0.3, -0.25) is 4.79 Å². The zero-order valence-electron chi connectivity index (χ0n) is 14.8. The van der Waals surface area contributed by atoms with Crippen LogP contribution in [0.2, 0.25) is 0 Å². The standard InChI is InChI=1S/C21H20N2O3S/c24-19(14-8-10-15(11-9-14)23-12-4-5-13-23)22-20-18(21(25)26)16-6-2-1-3-7-17(16)27-20/h4-5,8-13H,1-3,6-7H2,(H,22,24)(H,25,26). The maximum absolute atomic E-state index is 12.7. The molecule has 1 amide bonds. The van der Waals surface area contributed by atoms with E-state index in [4.69, 9.17) is 0 Å². The molecule has 0 saturated carbocycles. The summed E-state index contributed by atoms with van der Waals surface area (Å²) in [6.07, 6.45) is 8.73. The number of nitrogens with zero attached hydrogens (tertiary/aromatic N) is 1. The van der Waals surface area contributed by atoms with Crippen LogP contribution in [-0.2, 0) is 12.8 Å². The third kappa shape index (κ3) is 3.53. The molecule has 0 atom stereocenters. The van der Waals surface area contributed by atoms with E-state index in [1.807, 2.05) is 41.2 Å². The number of aromatic carboxylic acids is 1. The van der Waals surface area contributed by atoms with Crippen LogP contribution in [0, 0.1) is 0 Å². The highest BCUT2D eigenvalue weighted by molar-refractivity contribution is 7.17. The van der Waals surface area contributed by atoms with Crippen molar-refractivity contribution in [1.29, 1.82) is 0 Å². The number of carboxylic acid groups (broad SMARTS) is 1. The van der Waals surface area contributed by atoms with Gasteiger partial charge < -0.3 is 15.0 Å². The van der Waals surface area contributed by atoms with E-state index >= 15 is 0 Å². The smallest absolute Gasteiger partial charge is 0.339 e. The fraction of sp³-hybridized carbons (Fsp3) is 0.238. The Bertz CT molecular complexity index is 972. The van der Waals surface area contributed by atoms with Gasteiger partial charge in [-0.1, -0.05) is 6.42 Å². The van der Waals surface area contributed by atoms with Crippen molar-refractivity contribution in [2.75, 3.05) is 5.32 Å². The monoisotopic (exact) mass is 380 g/mol. The summed E-state index contributed by atoms with van der Waals surface area (Å²) in [5.74, 6) is -1.25. The number of anilines is 1. The first-order valence-electron chi connectivity index (χ1n) is 9.06. The number of carboxylic acids is 1. The van der Waals surface area contributed by atoms with Gasteiger partial charge >= 0.3 is 5.97 Å². The summed E-state index contributed by atoms with van der Waals surface area (Å²) >= 11 is 1.41. The molecule has 3 aromatic rings. The number of hydrogen-bond donors (Lipinski definition) is 2. The summed E-state index contributed by atoms with van der Waals surface area (Å²) in [6, 6.07) is 11.1. The Balaban J connectivity index is 1.58. The number of carbonyl (C=O) groups is 2. The second-order valence-electron chi connectivity index (χ2n) is 6.67. The summed E-state index contributed by atoms with van der Waals surface area (Å²) in [4.78, 5) is 25.6. The van der Waals surface area contributed by atoms with Gasteiger partial charge in [-0.25, -0.2) is 4.79 Å². The van der Waals surface area contributed by atoms with Gasteiger partial charge in [-0.05, 0) is 67.6 Å². The lowest BCUT2D eigenvalue weighted by Crippen LogP contribution is -2.14. The zero-order chi connectivity index (χ0) is 18.8. The van der Waals surface area contributed by atoms with E-state index in [1.54, 1.807) is 12.1 Å². The van der Waals surface area contributed by atoms with Gasteiger partial charge in [0, 0.05) is 28.5 Å². The van der Waals surface area contributed by atoms with Gasteiger partial charge in [-0.15, -0.1) is 11.3 Å². The molecule has 0 radical (unpaired) electrons. The van der Waals surface area contributed by atoms with Gasteiger partial charge in [0.15, 0.2) is 0 Å². The van der Waals surface area contributed by atoms with Crippen LogP contribution < -0.4 is 5.32 Å². The molecule has 0 aliphatic heterocycles. The van der Waals surface area contributed by atoms with Crippen LogP contribution in [0.3, 0.4) is 0 Å². The molecule has 2 aromatic heterocycles. The fourth-order valence-electron chi connectivity index (χ4n) is 3.52. The number of thiophene rings is 1. The number of hydrogen-bond acceptors (Lipinski definition) is 3. The van der Waals surface area contributed by atoms with Crippen molar-refractivity contribution >= 4 is 28.2 Å². The van der Waals surface area contributed by atoms with Gasteiger partial charge in [-0.2, -0.15) is 0 Å². The van der Waals surface area contributed by atoms with E-state index in [0.29, 0.717) is 10.6 Å². The molecule has 0 fully saturated rings. The van der Waals surface area contributed by atoms with Crippen molar-refractivity contribution in [2.45, 2.75) is 32.1 Å². The van der Waals surface area contributed by atoms with Gasteiger partial charge in [0.25, 0.3) is 5.91 Å². The quantitative estimate of drug-likeness (QED) is 0.641. The third-order valence-electron chi connectivity index (χ3n) is 4.89. The maximum Gasteiger partial charge on any atom is 0.339 e. The van der Waals surface area contributed by atoms with Crippen molar-refractivity contribution in [3.8, 4) is 5.69 Å². The van der Waals surface area contributed by atoms with Crippen LogP contribution >= 0.6 is 11.3 Å². The number of rotatable bonds is 4. The lowest BCUT2D eigenvalue weighted by atomic mass is 10.1. The molecule has 1 aromatic carbocycles. The fourth-order valence-corrected chi connectivity index (χ4v) is 4.80. The van der Waals surface area contributed by atoms with Crippen LogP contribution in [0.25, 0.3) is 5.69 Å². The molecule has 6 heteroatoms. The number of aryl methyl sites for hydroxylation is 1. The van der Waals surface area contributed by atoms with Crippen LogP contribution in [-0.4, -0.2) is 21.6 Å². The number of fused-ring (bicyclic) bond motifs is 1. The number of aromatic nitrogens is 1. The maximum atomic E-state index is 12.7. The van der Waals surface area contributed by atoms with E-state index < -0.39 is 5.97 Å². The van der Waals surface area contributed by atoms with Crippen LogP contribution in [0.5, 0.6) is 0 Å². The molecule has 0 saturated heterocycles. The average Bonchev–Trinajstić information content (AvgIpc) is 3.25. The first-order valence-corrected chi connectivity index (χ1v) is 9.88. The molecule has 0 unspecified atom stereocenters. The molecule has 1 aliphatic rings. The number of benzene rings is 1. The number of amides is 1. The van der Waals surface area contributed by atoms with Gasteiger partial charge in [0.05, 0.1) is 5.56 Å². The highest BCUT2D eigenvalue weighted by atomic mass is 32.1. The Kier molecular flexibility index (Phi) is 4.81. The first-order chi connectivity index (χ1) is 13.1. The largest absolute Gasteiger partial charge is 0.478 e. The number of nitrogens with one attached hydrogen (secondary N) is 1. The summed E-state index contributed by atoms with van der Waals surface area (Å²) in [5.41, 5.74) is 2.65. The molecule has 5 nitrogen and oxygen atoms in total. The minimum Gasteiger partial charge on any atom is -0.478 e. The lowest BCUT2D eigenvalue weighted by Gasteiger charge is -2.07. The second-order valence-corrected chi connectivity index (χ2v) is 7.77. The molecule has 138 valence electrons. The Morgan fingerprint density at radius 3 is 2.41 bits per heavy atom. The molecule has 2 heterocycles. The Morgan fingerprint density at radius 2 is 1.70 bits per heavy atom. The minimum absolute atomic E-state index is 0.272. The van der Waals surface area contributed by atoms with Crippen LogP contribution in [0.1, 0.15) is 50.4 Å². The Morgan fingerprint density at radius 1 is 1.00 bits per heavy atom. The van der Waals surface area contributed by atoms with Crippen molar-refractivity contribution < 1.29 is 14.7 Å². The van der Waals surface area contributed by atoms with Gasteiger partial charge in [0.1, 0.15) is 5.00 Å². The molecular formula is C21H20N2O3S. The lowest BCUT2D eigenvalue weighted by molar-refractivity contribution is 0.0697. The average molecular weight is 380 g/mol. The van der Waals surface area contributed by atoms with Crippen LogP contribution in [0.15, 0.2) is 48.8 Å². The molecule has 0 spiro atoms. The summed E-state index contributed by atoms with van der Waals surface area (Å²) in [7, 11) is 0. The Hall–Kier alpha value is -2.86. The highest BCUT2D eigenvalue weighted by Crippen LogP contribution is 2.37. The topological polar surface area (TPSA) is 71.3 Å². The number of carbonyl (C=O) groups excluding carboxylic acids is 1. The zero-order valence-corrected chi connectivity index (χ0v) is 15.6. The molecule has 27 heavy (non-hydrogen) atoms. The predicted molar refractivity (Wildman–Crippen MR) is 106 cm³/mol. The van der Waals surface area contributed by atoms with Crippen molar-refractivity contribution in [2.24, 2.45) is 0 Å². The first kappa shape index (κ1) is 17.5. The van der Waals surface area contributed by atoms with Crippen molar-refractivity contribution in [3.63, 3.8) is 0 Å². The predicted octanol–water partition coefficient (Wildman–Crippen LogP) is 4.76. The molecule has 2 N–H and O–H groups in total. The van der Waals surface area contributed by atoms with E-state index in [0.717, 1.165) is 48.2 Å². The van der Waals surface area contributed by atoms with Crippen molar-refractivity contribution in [3.05, 3.63) is 70.4 Å².